The van der Waals surface area contributed by atoms with Crippen molar-refractivity contribution in [2.24, 2.45) is 0 Å². The number of nitrogens with one attached hydrogen (secondary N) is 4. The molecule has 198 valence electrons. The topological polar surface area (TPSA) is 98.4 Å². The van der Waals surface area contributed by atoms with Gasteiger partial charge in [0.1, 0.15) is 0 Å². The van der Waals surface area contributed by atoms with Gasteiger partial charge in [0.2, 0.25) is 0 Å². The van der Waals surface area contributed by atoms with Gasteiger partial charge in [-0.2, -0.15) is 0 Å². The number of aryl methyl sites for hydroxylation is 2. The molecule has 38 heavy (non-hydrogen) atoms. The molecule has 4 N–H and O–H groups in total. The van der Waals surface area contributed by atoms with Crippen LogP contribution in [0.2, 0.25) is 5.02 Å². The zero-order chi connectivity index (χ0) is 26.5. The number of pyridine rings is 1. The quantitative estimate of drug-likeness (QED) is 0.337. The molecule has 8 nitrogen and oxygen atoms in total. The number of carbonyl (C=O) groups excluding carboxylic acids is 2. The number of hydrogen-bond donors (Lipinski definition) is 4. The average Bonchev–Trinajstić information content (AvgIpc) is 3.34. The van der Waals surface area contributed by atoms with E-state index in [-0.39, 0.29) is 22.8 Å². The Kier molecular flexibility index (Phi) is 8.10. The number of halogens is 1. The van der Waals surface area contributed by atoms with Crippen LogP contribution in [0.15, 0.2) is 60.8 Å². The van der Waals surface area contributed by atoms with Gasteiger partial charge in [0.15, 0.2) is 5.82 Å². The molecule has 9 heteroatoms. The molecule has 1 aromatic heterocycles. The minimum Gasteiger partial charge on any atom is -0.350 e. The third-order valence-electron chi connectivity index (χ3n) is 7.47. The largest absolute Gasteiger partial charge is 0.350 e. The lowest BCUT2D eigenvalue weighted by Gasteiger charge is -2.23. The second kappa shape index (κ2) is 11.8. The fourth-order valence-corrected chi connectivity index (χ4v) is 5.69. The van der Waals surface area contributed by atoms with Crippen molar-refractivity contribution in [1.82, 2.24) is 25.9 Å². The van der Waals surface area contributed by atoms with Crippen LogP contribution in [0, 0.1) is 0 Å². The Balaban J connectivity index is 1.21. The van der Waals surface area contributed by atoms with Gasteiger partial charge in [-0.1, -0.05) is 67.1 Å². The predicted octanol–water partition coefficient (Wildman–Crippen LogP) is 4.46. The van der Waals surface area contributed by atoms with E-state index in [4.69, 9.17) is 11.6 Å². The molecule has 0 radical (unpaired) electrons. The lowest BCUT2D eigenvalue weighted by atomic mass is 9.95. The number of urea groups is 1. The first-order chi connectivity index (χ1) is 18.5. The fourth-order valence-electron chi connectivity index (χ4n) is 5.47. The first-order valence-electron chi connectivity index (χ1n) is 13.2. The van der Waals surface area contributed by atoms with Gasteiger partial charge in [-0.05, 0) is 67.1 Å². The maximum Gasteiger partial charge on any atom is 0.334 e. The molecular weight excluding hydrogens is 500 g/mol. The Morgan fingerprint density at radius 1 is 1.05 bits per heavy atom. The van der Waals surface area contributed by atoms with Crippen LogP contribution in [0.4, 0.5) is 10.6 Å². The Bertz CT molecular complexity index is 1270. The Hall–Kier alpha value is -3.62. The molecule has 2 aliphatic rings. The number of hydrazine groups is 1. The highest BCUT2D eigenvalue weighted by atomic mass is 35.5. The smallest absolute Gasteiger partial charge is 0.334 e. The highest BCUT2D eigenvalue weighted by Crippen LogP contribution is 2.32. The van der Waals surface area contributed by atoms with E-state index in [1.807, 2.05) is 24.3 Å². The van der Waals surface area contributed by atoms with Crippen LogP contribution in [0.5, 0.6) is 0 Å². The normalized spacial score (nSPS) is 17.2. The zero-order valence-electron chi connectivity index (χ0n) is 21.5. The third-order valence-corrected chi connectivity index (χ3v) is 7.76. The van der Waals surface area contributed by atoms with Crippen LogP contribution in [0.3, 0.4) is 0 Å². The number of hydrogen-bond acceptors (Lipinski definition) is 5. The summed E-state index contributed by atoms with van der Waals surface area (Å²) >= 11 is 6.39. The monoisotopic (exact) mass is 532 g/mol. The summed E-state index contributed by atoms with van der Waals surface area (Å²) < 4.78 is 0. The average molecular weight is 533 g/mol. The summed E-state index contributed by atoms with van der Waals surface area (Å²) in [6.07, 6.45) is 5.53. The number of amides is 3. The van der Waals surface area contributed by atoms with Gasteiger partial charge >= 0.3 is 6.03 Å². The minimum atomic E-state index is -0.418. The van der Waals surface area contributed by atoms with Gasteiger partial charge < -0.3 is 10.6 Å². The highest BCUT2D eigenvalue weighted by molar-refractivity contribution is 6.33. The summed E-state index contributed by atoms with van der Waals surface area (Å²) in [5.74, 6) is 0.0401. The number of aromatic nitrogens is 1. The van der Waals surface area contributed by atoms with Crippen LogP contribution in [0.25, 0.3) is 0 Å². The van der Waals surface area contributed by atoms with Crippen molar-refractivity contribution < 1.29 is 9.59 Å². The molecule has 0 bridgehead atoms. The molecule has 1 aliphatic heterocycles. The zero-order valence-corrected chi connectivity index (χ0v) is 22.2. The standard InChI is InChI=1S/C29H33ClN6O2/c1-2-36-15-7-10-22(36)18-32-28(37)21-16-25(30)27(31-17-21)34-35-29(38)33-26-23-11-5-3-8-19(23)13-14-20-9-4-6-12-24(20)26/h3-6,8-9,11-12,16-17,22,26H,2,7,10,13-15,18H2,1H3,(H,31,34)(H,32,37)(H2,33,35,38)/t22-/m0/s1. The first kappa shape index (κ1) is 26.0. The van der Waals surface area contributed by atoms with Crippen LogP contribution in [-0.2, 0) is 12.8 Å². The van der Waals surface area contributed by atoms with E-state index in [2.05, 4.69) is 62.6 Å². The van der Waals surface area contributed by atoms with Crippen LogP contribution in [-0.4, -0.2) is 47.5 Å². The van der Waals surface area contributed by atoms with Crippen molar-refractivity contribution in [2.75, 3.05) is 25.1 Å². The number of benzene rings is 2. The fraction of sp³-hybridized carbons (Fsp3) is 0.345. The van der Waals surface area contributed by atoms with E-state index in [0.717, 1.165) is 49.9 Å². The van der Waals surface area contributed by atoms with E-state index in [1.54, 1.807) is 6.07 Å². The molecule has 3 aromatic rings. The molecule has 1 fully saturated rings. The lowest BCUT2D eigenvalue weighted by molar-refractivity contribution is 0.0941. The summed E-state index contributed by atoms with van der Waals surface area (Å²) in [6.45, 7) is 4.79. The van der Waals surface area contributed by atoms with E-state index < -0.39 is 6.03 Å². The van der Waals surface area contributed by atoms with Crippen molar-refractivity contribution in [3.63, 3.8) is 0 Å². The van der Waals surface area contributed by atoms with Crippen molar-refractivity contribution in [2.45, 2.75) is 44.7 Å². The van der Waals surface area contributed by atoms with Gasteiger partial charge in [-0.15, -0.1) is 0 Å². The minimum absolute atomic E-state index is 0.217. The molecule has 3 amide bonds. The molecule has 0 saturated carbocycles. The Morgan fingerprint density at radius 2 is 1.74 bits per heavy atom. The first-order valence-corrected chi connectivity index (χ1v) is 13.6. The summed E-state index contributed by atoms with van der Waals surface area (Å²) in [5, 5.41) is 6.32. The summed E-state index contributed by atoms with van der Waals surface area (Å²) in [6, 6.07) is 17.6. The number of likely N-dealkylation sites (N-methyl/N-ethyl adjacent to an activating group) is 1. The number of carbonyl (C=O) groups is 2. The van der Waals surface area contributed by atoms with Gasteiger partial charge in [0, 0.05) is 18.8 Å². The van der Waals surface area contributed by atoms with E-state index in [9.17, 15) is 9.59 Å². The van der Waals surface area contributed by atoms with Crippen molar-refractivity contribution in [3.8, 4) is 0 Å². The molecule has 0 unspecified atom stereocenters. The highest BCUT2D eigenvalue weighted by Gasteiger charge is 2.25. The number of anilines is 1. The summed E-state index contributed by atoms with van der Waals surface area (Å²) in [7, 11) is 0. The third kappa shape index (κ3) is 5.76. The Labute approximate surface area is 228 Å². The molecule has 2 heterocycles. The molecule has 1 atom stereocenters. The van der Waals surface area contributed by atoms with Crippen LogP contribution in [0.1, 0.15) is 58.4 Å². The van der Waals surface area contributed by atoms with E-state index in [0.29, 0.717) is 18.2 Å². The maximum absolute atomic E-state index is 12.9. The van der Waals surface area contributed by atoms with Crippen molar-refractivity contribution in [3.05, 3.63) is 93.6 Å². The summed E-state index contributed by atoms with van der Waals surface area (Å²) in [4.78, 5) is 32.2. The van der Waals surface area contributed by atoms with E-state index >= 15 is 0 Å². The van der Waals surface area contributed by atoms with E-state index in [1.165, 1.54) is 17.3 Å². The summed E-state index contributed by atoms with van der Waals surface area (Å²) in [5.41, 5.74) is 10.4. The van der Waals surface area contributed by atoms with Crippen molar-refractivity contribution in [1.29, 1.82) is 0 Å². The molecule has 5 rings (SSSR count). The van der Waals surface area contributed by atoms with Crippen LogP contribution < -0.4 is 21.5 Å². The van der Waals surface area contributed by atoms with Crippen molar-refractivity contribution >= 4 is 29.4 Å². The predicted molar refractivity (Wildman–Crippen MR) is 149 cm³/mol. The van der Waals surface area contributed by atoms with Gasteiger partial charge in [0.05, 0.1) is 16.6 Å². The second-order valence-corrected chi connectivity index (χ2v) is 10.2. The number of likely N-dealkylation sites (tertiary alicyclic amines) is 1. The SMILES string of the molecule is CCN1CCC[C@H]1CNC(=O)c1cnc(NNC(=O)NC2c3ccccc3CCc3ccccc32)c(Cl)c1. The molecular formula is C29H33ClN6O2. The second-order valence-electron chi connectivity index (χ2n) is 9.74. The number of rotatable bonds is 7. The Morgan fingerprint density at radius 3 is 2.39 bits per heavy atom. The van der Waals surface area contributed by atoms with Gasteiger partial charge in [0.25, 0.3) is 5.91 Å². The maximum atomic E-state index is 12.9. The van der Waals surface area contributed by atoms with Gasteiger partial charge in [-0.3, -0.25) is 20.5 Å². The number of fused-ring (bicyclic) bond motifs is 2. The molecule has 1 aliphatic carbocycles. The lowest BCUT2D eigenvalue weighted by Crippen LogP contribution is -2.41. The van der Waals surface area contributed by atoms with Crippen LogP contribution >= 0.6 is 11.6 Å². The molecule has 0 spiro atoms. The number of nitrogens with zero attached hydrogens (tertiary/aromatic N) is 2. The molecule has 1 saturated heterocycles. The van der Waals surface area contributed by atoms with Gasteiger partial charge in [-0.25, -0.2) is 9.78 Å². The molecule has 2 aromatic carbocycles.